The summed E-state index contributed by atoms with van der Waals surface area (Å²) in [5.41, 5.74) is 12.7. The molecule has 0 aromatic heterocycles. The first kappa shape index (κ1) is 6.92. The maximum atomic E-state index is 5.55. The van der Waals surface area contributed by atoms with Gasteiger partial charge in [0, 0.05) is 5.70 Å². The molecule has 1 aliphatic carbocycles. The summed E-state index contributed by atoms with van der Waals surface area (Å²) in [5, 5.41) is 0. The summed E-state index contributed by atoms with van der Waals surface area (Å²) in [7, 11) is 0. The topological polar surface area (TPSA) is 52.0 Å². The Balaban J connectivity index is 2.83. The molecule has 9 heavy (non-hydrogen) atoms. The zero-order chi connectivity index (χ0) is 6.85. The highest BCUT2D eigenvalue weighted by Gasteiger charge is 2.04. The van der Waals surface area contributed by atoms with E-state index in [1.807, 2.05) is 6.08 Å². The van der Waals surface area contributed by atoms with Crippen LogP contribution in [0.5, 0.6) is 0 Å². The molecule has 1 aliphatic rings. The third-order valence-electron chi connectivity index (χ3n) is 1.32. The van der Waals surface area contributed by atoms with Crippen LogP contribution in [0.25, 0.3) is 0 Å². The van der Waals surface area contributed by atoms with E-state index in [2.05, 4.69) is 22.6 Å². The van der Waals surface area contributed by atoms with Gasteiger partial charge in [-0.3, -0.25) is 0 Å². The Bertz CT molecular complexity index is 181. The van der Waals surface area contributed by atoms with Crippen LogP contribution in [0.2, 0.25) is 0 Å². The molecule has 50 valence electrons. The van der Waals surface area contributed by atoms with E-state index in [-0.39, 0.29) is 0 Å². The lowest BCUT2D eigenvalue weighted by atomic mass is 10.1. The second-order valence-electron chi connectivity index (χ2n) is 2.07. The van der Waals surface area contributed by atoms with Crippen molar-refractivity contribution >= 4 is 22.6 Å². The Labute approximate surface area is 68.1 Å². The monoisotopic (exact) mass is 236 g/mol. The first-order valence-corrected chi connectivity index (χ1v) is 3.88. The molecular weight excluding hydrogens is 227 g/mol. The number of hydrogen-bond donors (Lipinski definition) is 2. The second-order valence-corrected chi connectivity index (χ2v) is 3.46. The Morgan fingerprint density at radius 3 is 2.44 bits per heavy atom. The molecule has 4 N–H and O–H groups in total. The molecule has 0 amide bonds. The number of rotatable bonds is 0. The predicted octanol–water partition coefficient (Wildman–Crippen LogP) is 1.23. The van der Waals surface area contributed by atoms with Crippen molar-refractivity contribution in [3.05, 3.63) is 21.0 Å². The highest BCUT2D eigenvalue weighted by Crippen LogP contribution is 2.22. The fraction of sp³-hybridized carbons (Fsp3) is 0.333. The van der Waals surface area contributed by atoms with Crippen molar-refractivity contribution < 1.29 is 0 Å². The third kappa shape index (κ3) is 1.61. The van der Waals surface area contributed by atoms with E-state index < -0.39 is 0 Å². The predicted molar refractivity (Wildman–Crippen MR) is 46.7 cm³/mol. The highest BCUT2D eigenvalue weighted by atomic mass is 127. The van der Waals surface area contributed by atoms with Crippen molar-refractivity contribution in [1.29, 1.82) is 0 Å². The molecule has 0 radical (unpaired) electrons. The molecule has 1 rings (SSSR count). The minimum absolute atomic E-state index is 0.741. The zero-order valence-electron chi connectivity index (χ0n) is 5.02. The number of nitrogens with two attached hydrogens (primary N) is 2. The van der Waals surface area contributed by atoms with Crippen molar-refractivity contribution in [2.45, 2.75) is 12.8 Å². The van der Waals surface area contributed by atoms with Gasteiger partial charge >= 0.3 is 0 Å². The van der Waals surface area contributed by atoms with Crippen LogP contribution in [-0.4, -0.2) is 0 Å². The standard InChI is InChI=1S/C6H9IN2/c7-4-1-2-5(8)6(9)3-4/h3H,1-2,8-9H2. The molecule has 0 aliphatic heterocycles. The Morgan fingerprint density at radius 1 is 1.33 bits per heavy atom. The molecule has 0 fully saturated rings. The van der Waals surface area contributed by atoms with Gasteiger partial charge in [-0.2, -0.15) is 0 Å². The van der Waals surface area contributed by atoms with Gasteiger partial charge in [-0.15, -0.1) is 0 Å². The Kier molecular flexibility index (Phi) is 2.00. The van der Waals surface area contributed by atoms with Crippen LogP contribution in [0, 0.1) is 0 Å². The molecule has 0 aromatic carbocycles. The molecule has 3 heteroatoms. The summed E-state index contributed by atoms with van der Waals surface area (Å²) in [5.74, 6) is 0. The van der Waals surface area contributed by atoms with Crippen LogP contribution in [0.15, 0.2) is 21.0 Å². The van der Waals surface area contributed by atoms with Crippen LogP contribution >= 0.6 is 22.6 Å². The summed E-state index contributed by atoms with van der Waals surface area (Å²) >= 11 is 2.27. The highest BCUT2D eigenvalue weighted by molar-refractivity contribution is 14.1. The third-order valence-corrected chi connectivity index (χ3v) is 2.17. The largest absolute Gasteiger partial charge is 0.400 e. The van der Waals surface area contributed by atoms with E-state index in [0.29, 0.717) is 0 Å². The van der Waals surface area contributed by atoms with E-state index >= 15 is 0 Å². The van der Waals surface area contributed by atoms with Gasteiger partial charge in [0.05, 0.1) is 5.70 Å². The van der Waals surface area contributed by atoms with Gasteiger partial charge in [0.15, 0.2) is 0 Å². The summed E-state index contributed by atoms with van der Waals surface area (Å²) in [6.45, 7) is 0. The summed E-state index contributed by atoms with van der Waals surface area (Å²) in [4.78, 5) is 0. The van der Waals surface area contributed by atoms with E-state index in [1.54, 1.807) is 0 Å². The maximum absolute atomic E-state index is 5.55. The van der Waals surface area contributed by atoms with Crippen molar-refractivity contribution in [3.63, 3.8) is 0 Å². The van der Waals surface area contributed by atoms with E-state index in [4.69, 9.17) is 11.5 Å². The van der Waals surface area contributed by atoms with E-state index in [0.717, 1.165) is 24.2 Å². The first-order chi connectivity index (χ1) is 4.20. The minimum Gasteiger partial charge on any atom is -0.400 e. The number of allylic oxidation sites excluding steroid dienone is 3. The fourth-order valence-electron chi connectivity index (χ4n) is 0.732. The molecule has 0 saturated heterocycles. The molecule has 0 bridgehead atoms. The van der Waals surface area contributed by atoms with Gasteiger partial charge in [0.2, 0.25) is 0 Å². The van der Waals surface area contributed by atoms with E-state index in [1.165, 1.54) is 3.58 Å². The van der Waals surface area contributed by atoms with Crippen molar-refractivity contribution in [1.82, 2.24) is 0 Å². The maximum Gasteiger partial charge on any atom is 0.0512 e. The molecule has 0 unspecified atom stereocenters. The van der Waals surface area contributed by atoms with Crippen LogP contribution in [-0.2, 0) is 0 Å². The second kappa shape index (κ2) is 2.60. The van der Waals surface area contributed by atoms with Crippen molar-refractivity contribution in [3.8, 4) is 0 Å². The normalized spacial score (nSPS) is 19.9. The summed E-state index contributed by atoms with van der Waals surface area (Å²) < 4.78 is 1.29. The average Bonchev–Trinajstić information content (AvgIpc) is 1.80. The molecule has 0 saturated carbocycles. The van der Waals surface area contributed by atoms with Crippen LogP contribution in [0.4, 0.5) is 0 Å². The fourth-order valence-corrected chi connectivity index (χ4v) is 1.34. The number of halogens is 1. The van der Waals surface area contributed by atoms with Crippen LogP contribution in [0.1, 0.15) is 12.8 Å². The lowest BCUT2D eigenvalue weighted by molar-refractivity contribution is 0.911. The summed E-state index contributed by atoms with van der Waals surface area (Å²) in [6.07, 6.45) is 3.90. The molecular formula is C6H9IN2. The molecule has 0 spiro atoms. The molecule has 0 heterocycles. The molecule has 0 aromatic rings. The Morgan fingerprint density at radius 2 is 2.00 bits per heavy atom. The lowest BCUT2D eigenvalue weighted by Crippen LogP contribution is -2.11. The quantitative estimate of drug-likeness (QED) is 0.621. The minimum atomic E-state index is 0.741. The number of hydrogen-bond acceptors (Lipinski definition) is 2. The SMILES string of the molecule is NC1=C(N)CCC(I)=C1. The average molecular weight is 236 g/mol. The van der Waals surface area contributed by atoms with Gasteiger partial charge in [-0.25, -0.2) is 0 Å². The van der Waals surface area contributed by atoms with Gasteiger partial charge in [-0.05, 0) is 45.1 Å². The first-order valence-electron chi connectivity index (χ1n) is 2.80. The lowest BCUT2D eigenvalue weighted by Gasteiger charge is -2.09. The van der Waals surface area contributed by atoms with Crippen LogP contribution in [0.3, 0.4) is 0 Å². The Hall–Kier alpha value is -0.190. The smallest absolute Gasteiger partial charge is 0.0512 e. The van der Waals surface area contributed by atoms with Crippen LogP contribution < -0.4 is 11.5 Å². The van der Waals surface area contributed by atoms with Gasteiger partial charge in [0.25, 0.3) is 0 Å². The van der Waals surface area contributed by atoms with Crippen molar-refractivity contribution in [2.75, 3.05) is 0 Å². The van der Waals surface area contributed by atoms with Gasteiger partial charge in [-0.1, -0.05) is 0 Å². The van der Waals surface area contributed by atoms with E-state index in [9.17, 15) is 0 Å². The molecule has 2 nitrogen and oxygen atoms in total. The zero-order valence-corrected chi connectivity index (χ0v) is 7.18. The summed E-state index contributed by atoms with van der Waals surface area (Å²) in [6, 6.07) is 0. The van der Waals surface area contributed by atoms with Crippen molar-refractivity contribution in [2.24, 2.45) is 11.5 Å². The van der Waals surface area contributed by atoms with Gasteiger partial charge in [0.1, 0.15) is 0 Å². The van der Waals surface area contributed by atoms with Gasteiger partial charge < -0.3 is 11.5 Å². The molecule has 0 atom stereocenters.